The van der Waals surface area contributed by atoms with Crippen LogP contribution in [0.5, 0.6) is 0 Å². The Kier molecular flexibility index (Phi) is 2.93. The van der Waals surface area contributed by atoms with Gasteiger partial charge in [0.05, 0.1) is 12.7 Å². The van der Waals surface area contributed by atoms with Gasteiger partial charge >= 0.3 is 0 Å². The third kappa shape index (κ3) is 2.56. The first-order chi connectivity index (χ1) is 8.43. The average molecular weight is 224 g/mol. The summed E-state index contributed by atoms with van der Waals surface area (Å²) >= 11 is 0. The number of benzene rings is 2. The van der Waals surface area contributed by atoms with E-state index >= 15 is 0 Å². The minimum Gasteiger partial charge on any atom is -0.373 e. The van der Waals surface area contributed by atoms with Crippen molar-refractivity contribution in [3.63, 3.8) is 0 Å². The van der Waals surface area contributed by atoms with Crippen LogP contribution >= 0.6 is 0 Å². The van der Waals surface area contributed by atoms with Gasteiger partial charge in [0.15, 0.2) is 0 Å². The topological polar surface area (TPSA) is 9.23 Å². The Labute approximate surface area is 102 Å². The van der Waals surface area contributed by atoms with Gasteiger partial charge in [-0.1, -0.05) is 60.7 Å². The summed E-state index contributed by atoms with van der Waals surface area (Å²) < 4.78 is 5.91. The van der Waals surface area contributed by atoms with Crippen LogP contribution in [0.2, 0.25) is 0 Å². The Balaban J connectivity index is 1.53. The fourth-order valence-electron chi connectivity index (χ4n) is 2.18. The maximum Gasteiger partial charge on any atom is 0.0720 e. The summed E-state index contributed by atoms with van der Waals surface area (Å²) in [6.45, 7) is 0.731. The molecule has 0 unspecified atom stereocenters. The van der Waals surface area contributed by atoms with Crippen LogP contribution in [0.25, 0.3) is 0 Å². The van der Waals surface area contributed by atoms with E-state index in [1.54, 1.807) is 0 Å². The van der Waals surface area contributed by atoms with E-state index in [2.05, 4.69) is 54.6 Å². The van der Waals surface area contributed by atoms with Gasteiger partial charge in [0.1, 0.15) is 0 Å². The molecule has 1 saturated carbocycles. The summed E-state index contributed by atoms with van der Waals surface area (Å²) in [7, 11) is 0. The average Bonchev–Trinajstić information content (AvgIpc) is 3.18. The van der Waals surface area contributed by atoms with Crippen LogP contribution < -0.4 is 0 Å². The minimum absolute atomic E-state index is 0.414. The van der Waals surface area contributed by atoms with E-state index in [4.69, 9.17) is 4.74 Å². The van der Waals surface area contributed by atoms with Crippen LogP contribution in [-0.4, -0.2) is 6.10 Å². The van der Waals surface area contributed by atoms with Gasteiger partial charge in [-0.2, -0.15) is 0 Å². The molecule has 3 rings (SSSR count). The lowest BCUT2D eigenvalue weighted by Crippen LogP contribution is -1.97. The molecule has 0 saturated heterocycles. The normalized spacial score (nSPS) is 22.4. The summed E-state index contributed by atoms with van der Waals surface area (Å²) in [6, 6.07) is 21.0. The largest absolute Gasteiger partial charge is 0.373 e. The molecule has 2 aromatic rings. The molecule has 0 heterocycles. The first kappa shape index (κ1) is 10.5. The molecule has 0 N–H and O–H groups in total. The maximum atomic E-state index is 5.91. The zero-order chi connectivity index (χ0) is 11.5. The van der Waals surface area contributed by atoms with Crippen LogP contribution in [0.15, 0.2) is 60.7 Å². The number of hydrogen-bond donors (Lipinski definition) is 0. The molecule has 2 aromatic carbocycles. The molecule has 86 valence electrons. The molecule has 0 amide bonds. The molecule has 2 atom stereocenters. The second-order valence-corrected chi connectivity index (χ2v) is 4.59. The smallest absolute Gasteiger partial charge is 0.0720 e. The van der Waals surface area contributed by atoms with Crippen LogP contribution in [0.4, 0.5) is 0 Å². The van der Waals surface area contributed by atoms with Crippen LogP contribution in [0.3, 0.4) is 0 Å². The maximum absolute atomic E-state index is 5.91. The first-order valence-corrected chi connectivity index (χ1v) is 6.14. The molecule has 0 radical (unpaired) electrons. The van der Waals surface area contributed by atoms with Gasteiger partial charge in [-0.3, -0.25) is 0 Å². The van der Waals surface area contributed by atoms with Gasteiger partial charge in [0, 0.05) is 5.92 Å². The Morgan fingerprint density at radius 2 is 1.53 bits per heavy atom. The highest BCUT2D eigenvalue weighted by molar-refractivity contribution is 5.26. The zero-order valence-electron chi connectivity index (χ0n) is 9.75. The fraction of sp³-hybridized carbons (Fsp3) is 0.250. The number of rotatable bonds is 4. The highest BCUT2D eigenvalue weighted by Gasteiger charge is 2.39. The van der Waals surface area contributed by atoms with Gasteiger partial charge in [0.25, 0.3) is 0 Å². The van der Waals surface area contributed by atoms with E-state index in [-0.39, 0.29) is 0 Å². The van der Waals surface area contributed by atoms with E-state index in [9.17, 15) is 0 Å². The number of ether oxygens (including phenoxy) is 1. The van der Waals surface area contributed by atoms with Crippen molar-refractivity contribution in [2.24, 2.45) is 0 Å². The van der Waals surface area contributed by atoms with Gasteiger partial charge in [-0.05, 0) is 17.5 Å². The molecule has 1 aliphatic rings. The lowest BCUT2D eigenvalue weighted by Gasteiger charge is -2.04. The lowest BCUT2D eigenvalue weighted by molar-refractivity contribution is 0.102. The Morgan fingerprint density at radius 3 is 2.24 bits per heavy atom. The third-order valence-electron chi connectivity index (χ3n) is 3.27. The fourth-order valence-corrected chi connectivity index (χ4v) is 2.18. The molecule has 1 aliphatic carbocycles. The summed E-state index contributed by atoms with van der Waals surface area (Å²) in [5.41, 5.74) is 2.66. The standard InChI is InChI=1S/C16H16O/c1-3-7-13(8-4-1)12-17-16-11-15(16)14-9-5-2-6-10-14/h1-10,15-16H,11-12H2/t15-,16+/m1/s1. The van der Waals surface area contributed by atoms with Crippen molar-refractivity contribution >= 4 is 0 Å². The highest BCUT2D eigenvalue weighted by Crippen LogP contribution is 2.43. The van der Waals surface area contributed by atoms with Gasteiger partial charge < -0.3 is 4.74 Å². The van der Waals surface area contributed by atoms with Crippen LogP contribution in [0, 0.1) is 0 Å². The molecular weight excluding hydrogens is 208 g/mol. The van der Waals surface area contributed by atoms with E-state index < -0.39 is 0 Å². The molecule has 1 heteroatoms. The molecule has 0 bridgehead atoms. The summed E-state index contributed by atoms with van der Waals surface area (Å²) in [5.74, 6) is 0.611. The molecule has 0 spiro atoms. The van der Waals surface area contributed by atoms with E-state index in [1.165, 1.54) is 11.1 Å². The second-order valence-electron chi connectivity index (χ2n) is 4.59. The van der Waals surface area contributed by atoms with Crippen LogP contribution in [0.1, 0.15) is 23.5 Å². The van der Waals surface area contributed by atoms with Crippen molar-refractivity contribution in [2.75, 3.05) is 0 Å². The summed E-state index contributed by atoms with van der Waals surface area (Å²) in [5, 5.41) is 0. The van der Waals surface area contributed by atoms with Crippen LogP contribution in [-0.2, 0) is 11.3 Å². The third-order valence-corrected chi connectivity index (χ3v) is 3.27. The second kappa shape index (κ2) is 4.72. The minimum atomic E-state index is 0.414. The first-order valence-electron chi connectivity index (χ1n) is 6.14. The quantitative estimate of drug-likeness (QED) is 0.768. The van der Waals surface area contributed by atoms with Gasteiger partial charge in [-0.25, -0.2) is 0 Å². The molecule has 1 nitrogen and oxygen atoms in total. The van der Waals surface area contributed by atoms with Crippen molar-refractivity contribution in [2.45, 2.75) is 25.0 Å². The number of hydrogen-bond acceptors (Lipinski definition) is 1. The SMILES string of the molecule is c1ccc(CO[C@H]2C[C@@H]2c2ccccc2)cc1. The Morgan fingerprint density at radius 1 is 0.882 bits per heavy atom. The molecule has 0 aromatic heterocycles. The van der Waals surface area contributed by atoms with Gasteiger partial charge in [0.2, 0.25) is 0 Å². The summed E-state index contributed by atoms with van der Waals surface area (Å²) in [6.07, 6.45) is 1.58. The van der Waals surface area contributed by atoms with Crippen molar-refractivity contribution in [3.05, 3.63) is 71.8 Å². The molecule has 17 heavy (non-hydrogen) atoms. The van der Waals surface area contributed by atoms with E-state index in [1.807, 2.05) is 6.07 Å². The molecular formula is C16H16O. The monoisotopic (exact) mass is 224 g/mol. The van der Waals surface area contributed by atoms with Gasteiger partial charge in [-0.15, -0.1) is 0 Å². The Hall–Kier alpha value is -1.60. The predicted molar refractivity (Wildman–Crippen MR) is 68.8 cm³/mol. The summed E-state index contributed by atoms with van der Waals surface area (Å²) in [4.78, 5) is 0. The van der Waals surface area contributed by atoms with E-state index in [0.717, 1.165) is 13.0 Å². The van der Waals surface area contributed by atoms with Crippen molar-refractivity contribution < 1.29 is 4.74 Å². The van der Waals surface area contributed by atoms with Crippen molar-refractivity contribution in [3.8, 4) is 0 Å². The van der Waals surface area contributed by atoms with Crippen molar-refractivity contribution in [1.82, 2.24) is 0 Å². The lowest BCUT2D eigenvalue weighted by atomic mass is 10.1. The predicted octanol–water partition coefficient (Wildman–Crippen LogP) is 3.76. The molecule has 0 aliphatic heterocycles. The van der Waals surface area contributed by atoms with Crippen molar-refractivity contribution in [1.29, 1.82) is 0 Å². The van der Waals surface area contributed by atoms with E-state index in [0.29, 0.717) is 12.0 Å². The zero-order valence-corrected chi connectivity index (χ0v) is 9.75. The Bertz CT molecular complexity index is 463. The molecule has 1 fully saturated rings. The highest BCUT2D eigenvalue weighted by atomic mass is 16.5.